The first-order valence-corrected chi connectivity index (χ1v) is 5.74. The fourth-order valence-electron chi connectivity index (χ4n) is 1.96. The lowest BCUT2D eigenvalue weighted by molar-refractivity contribution is 1.09. The molecular formula is C13H13N5. The summed E-state index contributed by atoms with van der Waals surface area (Å²) in [6, 6.07) is 8.24. The monoisotopic (exact) mass is 239 g/mol. The van der Waals surface area contributed by atoms with Gasteiger partial charge in [-0.2, -0.15) is 10.1 Å². The lowest BCUT2D eigenvalue weighted by Gasteiger charge is -2.06. The fraction of sp³-hybridized carbons (Fsp3) is 0.154. The molecule has 3 rings (SSSR count). The van der Waals surface area contributed by atoms with Crippen LogP contribution in [-0.2, 0) is 0 Å². The Morgan fingerprint density at radius 3 is 2.89 bits per heavy atom. The molecule has 0 amide bonds. The second-order valence-corrected chi connectivity index (χ2v) is 4.15. The summed E-state index contributed by atoms with van der Waals surface area (Å²) in [5, 5.41) is 10.8. The molecule has 0 radical (unpaired) electrons. The van der Waals surface area contributed by atoms with E-state index in [4.69, 9.17) is 0 Å². The Kier molecular flexibility index (Phi) is 2.44. The number of aromatic nitrogens is 4. The van der Waals surface area contributed by atoms with Crippen molar-refractivity contribution in [2.75, 3.05) is 12.4 Å². The number of nitrogens with zero attached hydrogens (tertiary/aromatic N) is 3. The average molecular weight is 239 g/mol. The minimum atomic E-state index is 0.586. The van der Waals surface area contributed by atoms with Gasteiger partial charge in [0.15, 0.2) is 5.65 Å². The zero-order valence-corrected chi connectivity index (χ0v) is 10.2. The van der Waals surface area contributed by atoms with E-state index in [9.17, 15) is 0 Å². The van der Waals surface area contributed by atoms with E-state index in [0.717, 1.165) is 22.3 Å². The van der Waals surface area contributed by atoms with Crippen molar-refractivity contribution < 1.29 is 0 Å². The lowest BCUT2D eigenvalue weighted by Crippen LogP contribution is -1.98. The Hall–Kier alpha value is -2.43. The van der Waals surface area contributed by atoms with Crippen molar-refractivity contribution >= 4 is 17.0 Å². The van der Waals surface area contributed by atoms with Gasteiger partial charge < -0.3 is 5.32 Å². The number of H-pyrrole nitrogens is 1. The number of anilines is 1. The van der Waals surface area contributed by atoms with E-state index < -0.39 is 0 Å². The van der Waals surface area contributed by atoms with E-state index in [2.05, 4.69) is 44.5 Å². The van der Waals surface area contributed by atoms with Gasteiger partial charge in [-0.1, -0.05) is 23.8 Å². The van der Waals surface area contributed by atoms with Gasteiger partial charge in [-0.25, -0.2) is 4.98 Å². The molecule has 18 heavy (non-hydrogen) atoms. The van der Waals surface area contributed by atoms with Crippen molar-refractivity contribution in [1.82, 2.24) is 20.2 Å². The number of rotatable bonds is 2. The van der Waals surface area contributed by atoms with Gasteiger partial charge in [0.25, 0.3) is 0 Å². The summed E-state index contributed by atoms with van der Waals surface area (Å²) in [6.07, 6.45) is 1.76. The zero-order chi connectivity index (χ0) is 12.5. The molecule has 0 aliphatic rings. The highest BCUT2D eigenvalue weighted by Gasteiger charge is 2.10. The van der Waals surface area contributed by atoms with Crippen molar-refractivity contribution in [3.63, 3.8) is 0 Å². The summed E-state index contributed by atoms with van der Waals surface area (Å²) >= 11 is 0. The maximum atomic E-state index is 4.52. The molecule has 0 bridgehead atoms. The highest BCUT2D eigenvalue weighted by molar-refractivity contribution is 5.90. The molecule has 0 atom stereocenters. The fourth-order valence-corrected chi connectivity index (χ4v) is 1.96. The molecule has 0 fully saturated rings. The quantitative estimate of drug-likeness (QED) is 0.720. The molecule has 0 saturated heterocycles. The highest BCUT2D eigenvalue weighted by Crippen LogP contribution is 2.26. The second kappa shape index (κ2) is 4.10. The summed E-state index contributed by atoms with van der Waals surface area (Å²) in [7, 11) is 1.80. The Morgan fingerprint density at radius 1 is 1.22 bits per heavy atom. The zero-order valence-electron chi connectivity index (χ0n) is 10.2. The molecule has 0 aliphatic carbocycles. The Bertz CT molecular complexity index is 701. The van der Waals surface area contributed by atoms with Crippen LogP contribution in [0.1, 0.15) is 5.56 Å². The van der Waals surface area contributed by atoms with Crippen LogP contribution in [0.5, 0.6) is 0 Å². The van der Waals surface area contributed by atoms with E-state index in [1.807, 2.05) is 12.1 Å². The number of hydrogen-bond donors (Lipinski definition) is 2. The average Bonchev–Trinajstić information content (AvgIpc) is 2.85. The van der Waals surface area contributed by atoms with Crippen LogP contribution in [0.3, 0.4) is 0 Å². The van der Waals surface area contributed by atoms with Gasteiger partial charge in [0.05, 0.1) is 17.3 Å². The van der Waals surface area contributed by atoms with Crippen LogP contribution >= 0.6 is 0 Å². The summed E-state index contributed by atoms with van der Waals surface area (Å²) in [6.45, 7) is 2.07. The topological polar surface area (TPSA) is 66.5 Å². The van der Waals surface area contributed by atoms with E-state index in [1.165, 1.54) is 5.56 Å². The lowest BCUT2D eigenvalue weighted by atomic mass is 10.1. The molecular weight excluding hydrogens is 226 g/mol. The Labute approximate surface area is 104 Å². The summed E-state index contributed by atoms with van der Waals surface area (Å²) in [5.74, 6) is 0.586. The van der Waals surface area contributed by atoms with Gasteiger partial charge in [0, 0.05) is 12.6 Å². The SMILES string of the molecule is CNc1nc(-c2cccc(C)c2)c2cn[nH]c2n1. The van der Waals surface area contributed by atoms with Crippen molar-refractivity contribution in [1.29, 1.82) is 0 Å². The van der Waals surface area contributed by atoms with Crippen LogP contribution in [0.2, 0.25) is 0 Å². The van der Waals surface area contributed by atoms with E-state index in [1.54, 1.807) is 13.2 Å². The van der Waals surface area contributed by atoms with Crippen LogP contribution in [0.15, 0.2) is 30.5 Å². The van der Waals surface area contributed by atoms with Crippen LogP contribution in [0.4, 0.5) is 5.95 Å². The molecule has 1 aromatic carbocycles. The van der Waals surface area contributed by atoms with Gasteiger partial charge in [0.1, 0.15) is 0 Å². The number of fused-ring (bicyclic) bond motifs is 1. The first-order valence-electron chi connectivity index (χ1n) is 5.74. The van der Waals surface area contributed by atoms with Gasteiger partial charge in [-0.05, 0) is 13.0 Å². The van der Waals surface area contributed by atoms with Gasteiger partial charge in [0.2, 0.25) is 5.95 Å². The Morgan fingerprint density at radius 2 is 2.11 bits per heavy atom. The molecule has 2 aromatic heterocycles. The number of aryl methyl sites for hydroxylation is 1. The molecule has 0 unspecified atom stereocenters. The largest absolute Gasteiger partial charge is 0.357 e. The molecule has 5 heteroatoms. The molecule has 2 N–H and O–H groups in total. The summed E-state index contributed by atoms with van der Waals surface area (Å²) in [4.78, 5) is 8.84. The van der Waals surface area contributed by atoms with E-state index >= 15 is 0 Å². The standard InChI is InChI=1S/C13H13N5/c1-8-4-3-5-9(6-8)11-10-7-15-18-12(10)17-13(14-2)16-11/h3-7H,1-2H3,(H2,14,15,16,17,18). The third-order valence-corrected chi connectivity index (χ3v) is 2.82. The minimum Gasteiger partial charge on any atom is -0.357 e. The molecule has 0 spiro atoms. The van der Waals surface area contributed by atoms with Crippen LogP contribution < -0.4 is 5.32 Å². The number of nitrogens with one attached hydrogen (secondary N) is 2. The second-order valence-electron chi connectivity index (χ2n) is 4.15. The van der Waals surface area contributed by atoms with Crippen LogP contribution in [-0.4, -0.2) is 27.2 Å². The highest BCUT2D eigenvalue weighted by atomic mass is 15.2. The first kappa shape index (κ1) is 10.7. The molecule has 3 aromatic rings. The molecule has 2 heterocycles. The van der Waals surface area contributed by atoms with Crippen molar-refractivity contribution in [3.05, 3.63) is 36.0 Å². The number of benzene rings is 1. The molecule has 90 valence electrons. The normalized spacial score (nSPS) is 10.8. The third-order valence-electron chi connectivity index (χ3n) is 2.82. The maximum absolute atomic E-state index is 4.52. The van der Waals surface area contributed by atoms with Crippen molar-refractivity contribution in [2.45, 2.75) is 6.92 Å². The smallest absolute Gasteiger partial charge is 0.225 e. The van der Waals surface area contributed by atoms with Gasteiger partial charge in [-0.15, -0.1) is 0 Å². The number of aromatic amines is 1. The minimum absolute atomic E-state index is 0.586. The van der Waals surface area contributed by atoms with Crippen LogP contribution in [0.25, 0.3) is 22.3 Å². The summed E-state index contributed by atoms with van der Waals surface area (Å²) < 4.78 is 0. The molecule has 0 saturated carbocycles. The van der Waals surface area contributed by atoms with E-state index in [0.29, 0.717) is 5.95 Å². The third kappa shape index (κ3) is 1.69. The first-order chi connectivity index (χ1) is 8.78. The van der Waals surface area contributed by atoms with Gasteiger partial charge in [-0.3, -0.25) is 5.10 Å². The number of hydrogen-bond acceptors (Lipinski definition) is 4. The van der Waals surface area contributed by atoms with Crippen molar-refractivity contribution in [2.24, 2.45) is 0 Å². The molecule has 0 aliphatic heterocycles. The van der Waals surface area contributed by atoms with Crippen molar-refractivity contribution in [3.8, 4) is 11.3 Å². The predicted molar refractivity (Wildman–Crippen MR) is 71.4 cm³/mol. The van der Waals surface area contributed by atoms with Gasteiger partial charge >= 0.3 is 0 Å². The Balaban J connectivity index is 2.29. The predicted octanol–water partition coefficient (Wildman–Crippen LogP) is 2.37. The summed E-state index contributed by atoms with van der Waals surface area (Å²) in [5.41, 5.74) is 3.90. The van der Waals surface area contributed by atoms with E-state index in [-0.39, 0.29) is 0 Å². The molecule has 5 nitrogen and oxygen atoms in total. The maximum Gasteiger partial charge on any atom is 0.225 e. The van der Waals surface area contributed by atoms with Crippen LogP contribution in [0, 0.1) is 6.92 Å².